The summed E-state index contributed by atoms with van der Waals surface area (Å²) in [6, 6.07) is 0.680. The third-order valence-electron chi connectivity index (χ3n) is 4.18. The van der Waals surface area contributed by atoms with E-state index < -0.39 is 5.97 Å². The number of aliphatic carboxylic acids is 1. The van der Waals surface area contributed by atoms with Gasteiger partial charge in [0, 0.05) is 12.6 Å². The van der Waals surface area contributed by atoms with Gasteiger partial charge in [0.2, 0.25) is 0 Å². The van der Waals surface area contributed by atoms with E-state index in [1.807, 2.05) is 0 Å². The number of carboxylic acid groups (broad SMARTS) is 1. The highest BCUT2D eigenvalue weighted by Crippen LogP contribution is 2.33. The summed E-state index contributed by atoms with van der Waals surface area (Å²) < 4.78 is 0. The quantitative estimate of drug-likeness (QED) is 0.776. The zero-order valence-electron chi connectivity index (χ0n) is 9.48. The molecule has 0 aromatic carbocycles. The van der Waals surface area contributed by atoms with Crippen LogP contribution in [-0.4, -0.2) is 35.1 Å². The van der Waals surface area contributed by atoms with E-state index in [1.165, 1.54) is 25.7 Å². The zero-order chi connectivity index (χ0) is 10.8. The van der Waals surface area contributed by atoms with Crippen molar-refractivity contribution in [3.8, 4) is 0 Å². The molecule has 3 nitrogen and oxygen atoms in total. The molecule has 1 aliphatic heterocycles. The largest absolute Gasteiger partial charge is 0.481 e. The molecule has 3 atom stereocenters. The Balaban J connectivity index is 1.84. The summed E-state index contributed by atoms with van der Waals surface area (Å²) in [7, 11) is 0. The average Bonchev–Trinajstić information content (AvgIpc) is 2.86. The molecular weight excluding hydrogens is 190 g/mol. The van der Waals surface area contributed by atoms with Crippen LogP contribution in [0.3, 0.4) is 0 Å². The van der Waals surface area contributed by atoms with Crippen molar-refractivity contribution in [3.63, 3.8) is 0 Å². The van der Waals surface area contributed by atoms with Gasteiger partial charge in [-0.15, -0.1) is 0 Å². The molecule has 3 unspecified atom stereocenters. The van der Waals surface area contributed by atoms with Crippen LogP contribution >= 0.6 is 0 Å². The molecule has 15 heavy (non-hydrogen) atoms. The van der Waals surface area contributed by atoms with Gasteiger partial charge in [0.15, 0.2) is 0 Å². The van der Waals surface area contributed by atoms with E-state index in [1.54, 1.807) is 0 Å². The summed E-state index contributed by atoms with van der Waals surface area (Å²) >= 11 is 0. The zero-order valence-corrected chi connectivity index (χ0v) is 9.48. The fourth-order valence-electron chi connectivity index (χ4n) is 3.07. The summed E-state index contributed by atoms with van der Waals surface area (Å²) in [5, 5.41) is 8.95. The van der Waals surface area contributed by atoms with Crippen molar-refractivity contribution >= 4 is 5.97 Å². The van der Waals surface area contributed by atoms with Crippen molar-refractivity contribution in [1.82, 2.24) is 4.90 Å². The number of hydrogen-bond acceptors (Lipinski definition) is 2. The predicted octanol–water partition coefficient (Wildman–Crippen LogP) is 1.97. The fraction of sp³-hybridized carbons (Fsp3) is 0.917. The number of likely N-dealkylation sites (tertiary alicyclic amines) is 1. The Morgan fingerprint density at radius 1 is 1.40 bits per heavy atom. The molecule has 1 aliphatic carbocycles. The van der Waals surface area contributed by atoms with Gasteiger partial charge in [-0.3, -0.25) is 9.69 Å². The molecule has 0 radical (unpaired) electrons. The number of carbonyl (C=O) groups is 1. The Bertz CT molecular complexity index is 242. The van der Waals surface area contributed by atoms with E-state index in [0.29, 0.717) is 6.04 Å². The lowest BCUT2D eigenvalue weighted by molar-refractivity contribution is -0.141. The first-order chi connectivity index (χ1) is 7.20. The molecule has 2 aliphatic rings. The first kappa shape index (κ1) is 10.9. The van der Waals surface area contributed by atoms with Crippen LogP contribution in [0.4, 0.5) is 0 Å². The van der Waals surface area contributed by atoms with Crippen molar-refractivity contribution < 1.29 is 9.90 Å². The van der Waals surface area contributed by atoms with Gasteiger partial charge in [0.25, 0.3) is 0 Å². The van der Waals surface area contributed by atoms with Gasteiger partial charge < -0.3 is 5.11 Å². The lowest BCUT2D eigenvalue weighted by Crippen LogP contribution is -2.32. The number of hydrogen-bond donors (Lipinski definition) is 1. The molecule has 0 spiro atoms. The molecule has 2 fully saturated rings. The summed E-state index contributed by atoms with van der Waals surface area (Å²) in [6.45, 7) is 4.05. The maximum Gasteiger partial charge on any atom is 0.307 e. The molecule has 1 N–H and O–H groups in total. The highest BCUT2D eigenvalue weighted by molar-refractivity contribution is 5.70. The Labute approximate surface area is 91.5 Å². The maximum atomic E-state index is 10.9. The SMILES string of the molecule is CCC1CCC(N2CCC(C(=O)O)C2)C1. The Morgan fingerprint density at radius 3 is 2.73 bits per heavy atom. The minimum Gasteiger partial charge on any atom is -0.481 e. The van der Waals surface area contributed by atoms with E-state index in [-0.39, 0.29) is 5.92 Å². The van der Waals surface area contributed by atoms with Crippen LogP contribution in [0.1, 0.15) is 39.0 Å². The minimum absolute atomic E-state index is 0.106. The van der Waals surface area contributed by atoms with Gasteiger partial charge in [-0.1, -0.05) is 13.3 Å². The molecule has 3 heteroatoms. The Morgan fingerprint density at radius 2 is 2.20 bits per heavy atom. The van der Waals surface area contributed by atoms with E-state index in [2.05, 4.69) is 11.8 Å². The van der Waals surface area contributed by atoms with Gasteiger partial charge in [-0.05, 0) is 38.1 Å². The topological polar surface area (TPSA) is 40.5 Å². The first-order valence-corrected chi connectivity index (χ1v) is 6.17. The highest BCUT2D eigenvalue weighted by Gasteiger charge is 2.35. The molecule has 0 amide bonds. The minimum atomic E-state index is -0.609. The van der Waals surface area contributed by atoms with E-state index in [0.717, 1.165) is 25.4 Å². The van der Waals surface area contributed by atoms with Crippen molar-refractivity contribution in [3.05, 3.63) is 0 Å². The normalized spacial score (nSPS) is 37.3. The second kappa shape index (κ2) is 4.52. The molecular formula is C12H21NO2. The van der Waals surface area contributed by atoms with E-state index >= 15 is 0 Å². The second-order valence-corrected chi connectivity index (χ2v) is 5.06. The Hall–Kier alpha value is -0.570. The Kier molecular flexibility index (Phi) is 3.29. The van der Waals surface area contributed by atoms with Gasteiger partial charge in [-0.25, -0.2) is 0 Å². The third-order valence-corrected chi connectivity index (χ3v) is 4.18. The highest BCUT2D eigenvalue weighted by atomic mass is 16.4. The number of carboxylic acids is 1. The predicted molar refractivity (Wildman–Crippen MR) is 58.7 cm³/mol. The van der Waals surface area contributed by atoms with Crippen molar-refractivity contribution in [2.24, 2.45) is 11.8 Å². The number of rotatable bonds is 3. The molecule has 0 aromatic rings. The average molecular weight is 211 g/mol. The van der Waals surface area contributed by atoms with Crippen LogP contribution in [0.25, 0.3) is 0 Å². The van der Waals surface area contributed by atoms with Crippen LogP contribution < -0.4 is 0 Å². The fourth-order valence-corrected chi connectivity index (χ4v) is 3.07. The van der Waals surface area contributed by atoms with E-state index in [9.17, 15) is 4.79 Å². The molecule has 86 valence electrons. The van der Waals surface area contributed by atoms with E-state index in [4.69, 9.17) is 5.11 Å². The van der Waals surface area contributed by atoms with Gasteiger partial charge >= 0.3 is 5.97 Å². The molecule has 1 saturated heterocycles. The van der Waals surface area contributed by atoms with Crippen LogP contribution in [0, 0.1) is 11.8 Å². The standard InChI is InChI=1S/C12H21NO2/c1-2-9-3-4-11(7-9)13-6-5-10(8-13)12(14)15/h9-11H,2-8H2,1H3,(H,14,15). The van der Waals surface area contributed by atoms with Gasteiger partial charge in [0.05, 0.1) is 5.92 Å². The van der Waals surface area contributed by atoms with Crippen LogP contribution in [-0.2, 0) is 4.79 Å². The lowest BCUT2D eigenvalue weighted by atomic mass is 10.1. The molecule has 0 aromatic heterocycles. The molecule has 1 saturated carbocycles. The van der Waals surface area contributed by atoms with Crippen molar-refractivity contribution in [1.29, 1.82) is 0 Å². The molecule has 2 rings (SSSR count). The van der Waals surface area contributed by atoms with Crippen LogP contribution in [0.15, 0.2) is 0 Å². The maximum absolute atomic E-state index is 10.9. The number of nitrogens with zero attached hydrogens (tertiary/aromatic N) is 1. The van der Waals surface area contributed by atoms with Crippen molar-refractivity contribution in [2.45, 2.75) is 45.1 Å². The molecule has 1 heterocycles. The van der Waals surface area contributed by atoms with Crippen molar-refractivity contribution in [2.75, 3.05) is 13.1 Å². The van der Waals surface area contributed by atoms with Crippen LogP contribution in [0.2, 0.25) is 0 Å². The second-order valence-electron chi connectivity index (χ2n) is 5.06. The molecule has 0 bridgehead atoms. The summed E-state index contributed by atoms with van der Waals surface area (Å²) in [6.07, 6.45) is 6.05. The van der Waals surface area contributed by atoms with Gasteiger partial charge in [-0.2, -0.15) is 0 Å². The smallest absolute Gasteiger partial charge is 0.307 e. The third kappa shape index (κ3) is 2.33. The lowest BCUT2D eigenvalue weighted by Gasteiger charge is -2.23. The van der Waals surface area contributed by atoms with Gasteiger partial charge in [0.1, 0.15) is 0 Å². The monoisotopic (exact) mass is 211 g/mol. The van der Waals surface area contributed by atoms with Crippen LogP contribution in [0.5, 0.6) is 0 Å². The first-order valence-electron chi connectivity index (χ1n) is 6.17. The summed E-state index contributed by atoms with van der Waals surface area (Å²) in [4.78, 5) is 13.3. The summed E-state index contributed by atoms with van der Waals surface area (Å²) in [5.41, 5.74) is 0. The summed E-state index contributed by atoms with van der Waals surface area (Å²) in [5.74, 6) is 0.173.